The van der Waals surface area contributed by atoms with E-state index in [1.165, 1.54) is 0 Å². The zero-order valence-corrected chi connectivity index (χ0v) is 15.4. The summed E-state index contributed by atoms with van der Waals surface area (Å²) in [6, 6.07) is 21.4. The van der Waals surface area contributed by atoms with E-state index in [0.29, 0.717) is 33.6 Å². The zero-order valence-electron chi connectivity index (χ0n) is 14.6. The second-order valence-corrected chi connectivity index (χ2v) is 6.96. The first-order valence-electron chi connectivity index (χ1n) is 8.30. The number of anilines is 3. The highest BCUT2D eigenvalue weighted by atomic mass is 32.2. The molecule has 6 heteroatoms. The molecule has 0 aromatic heterocycles. The van der Waals surface area contributed by atoms with Gasteiger partial charge in [0.15, 0.2) is 0 Å². The largest absolute Gasteiger partial charge is 0.355 e. The fourth-order valence-corrected chi connectivity index (χ4v) is 3.09. The first-order chi connectivity index (χ1) is 13.0. The van der Waals surface area contributed by atoms with Crippen LogP contribution in [0.2, 0.25) is 0 Å². The van der Waals surface area contributed by atoms with Crippen LogP contribution in [-0.4, -0.2) is 11.7 Å². The standard InChI is InChI=1S/C21H18F2N2OS/c1-14-5-4-6-16(13-14)24-19-8-3-2-7-18(19)20(26)25-15-9-11-17(12-10-15)27-21(22)23/h2-13,21,24H,1H3,(H,25,26). The number of benzene rings is 3. The van der Waals surface area contributed by atoms with Crippen molar-refractivity contribution in [2.45, 2.75) is 17.6 Å². The van der Waals surface area contributed by atoms with Crippen molar-refractivity contribution in [2.24, 2.45) is 0 Å². The minimum absolute atomic E-state index is 0.278. The lowest BCUT2D eigenvalue weighted by Crippen LogP contribution is -2.13. The van der Waals surface area contributed by atoms with E-state index in [4.69, 9.17) is 0 Å². The lowest BCUT2D eigenvalue weighted by molar-refractivity contribution is 0.102. The Hall–Kier alpha value is -2.86. The highest BCUT2D eigenvalue weighted by molar-refractivity contribution is 7.99. The van der Waals surface area contributed by atoms with Crippen molar-refractivity contribution in [1.29, 1.82) is 0 Å². The number of aryl methyl sites for hydroxylation is 1. The van der Waals surface area contributed by atoms with Gasteiger partial charge in [0.2, 0.25) is 0 Å². The van der Waals surface area contributed by atoms with Crippen molar-refractivity contribution in [3.05, 3.63) is 83.9 Å². The Kier molecular flexibility index (Phi) is 6.08. The van der Waals surface area contributed by atoms with Crippen LogP contribution >= 0.6 is 11.8 Å². The summed E-state index contributed by atoms with van der Waals surface area (Å²) in [5, 5.41) is 6.06. The average molecular weight is 384 g/mol. The molecule has 3 aromatic carbocycles. The summed E-state index contributed by atoms with van der Waals surface area (Å²) in [6.07, 6.45) is 0. The van der Waals surface area contributed by atoms with E-state index in [1.54, 1.807) is 36.4 Å². The molecule has 0 heterocycles. The Morgan fingerprint density at radius 3 is 2.37 bits per heavy atom. The molecule has 0 aliphatic rings. The molecule has 0 spiro atoms. The lowest BCUT2D eigenvalue weighted by Gasteiger charge is -2.13. The summed E-state index contributed by atoms with van der Waals surface area (Å²) in [5.41, 5.74) is 3.73. The third-order valence-electron chi connectivity index (χ3n) is 3.81. The lowest BCUT2D eigenvalue weighted by atomic mass is 10.1. The molecule has 3 aromatic rings. The highest BCUT2D eigenvalue weighted by Crippen LogP contribution is 2.27. The maximum Gasteiger partial charge on any atom is 0.288 e. The Labute approximate surface area is 160 Å². The monoisotopic (exact) mass is 384 g/mol. The predicted molar refractivity (Wildman–Crippen MR) is 107 cm³/mol. The van der Waals surface area contributed by atoms with Gasteiger partial charge in [0.1, 0.15) is 0 Å². The van der Waals surface area contributed by atoms with Gasteiger partial charge in [0.25, 0.3) is 11.7 Å². The topological polar surface area (TPSA) is 41.1 Å². The van der Waals surface area contributed by atoms with Gasteiger partial charge in [0, 0.05) is 16.3 Å². The first-order valence-corrected chi connectivity index (χ1v) is 9.18. The molecular formula is C21H18F2N2OS. The van der Waals surface area contributed by atoms with Gasteiger partial charge in [-0.1, -0.05) is 36.0 Å². The zero-order chi connectivity index (χ0) is 19.2. The highest BCUT2D eigenvalue weighted by Gasteiger charge is 2.12. The maximum atomic E-state index is 12.7. The number of rotatable bonds is 6. The van der Waals surface area contributed by atoms with Crippen molar-refractivity contribution in [3.8, 4) is 0 Å². The summed E-state index contributed by atoms with van der Waals surface area (Å²) in [5.74, 6) is -2.75. The molecule has 27 heavy (non-hydrogen) atoms. The van der Waals surface area contributed by atoms with Crippen LogP contribution in [0.4, 0.5) is 25.8 Å². The molecule has 1 amide bonds. The van der Waals surface area contributed by atoms with Crippen LogP contribution < -0.4 is 10.6 Å². The average Bonchev–Trinajstić information content (AvgIpc) is 2.63. The number of carbonyl (C=O) groups is 1. The Bertz CT molecular complexity index is 929. The van der Waals surface area contributed by atoms with Gasteiger partial charge in [-0.15, -0.1) is 0 Å². The molecule has 3 nitrogen and oxygen atoms in total. The van der Waals surface area contributed by atoms with Crippen molar-refractivity contribution in [2.75, 3.05) is 10.6 Å². The number of amides is 1. The molecule has 0 radical (unpaired) electrons. The van der Waals surface area contributed by atoms with Gasteiger partial charge in [-0.2, -0.15) is 8.78 Å². The molecule has 0 saturated carbocycles. The molecule has 0 atom stereocenters. The molecule has 0 fully saturated rings. The fraction of sp³-hybridized carbons (Fsp3) is 0.0952. The molecular weight excluding hydrogens is 366 g/mol. The summed E-state index contributed by atoms with van der Waals surface area (Å²) < 4.78 is 24.8. The van der Waals surface area contributed by atoms with E-state index in [0.717, 1.165) is 11.3 Å². The Morgan fingerprint density at radius 1 is 0.926 bits per heavy atom. The van der Waals surface area contributed by atoms with Crippen LogP contribution in [-0.2, 0) is 0 Å². The third-order valence-corrected chi connectivity index (χ3v) is 4.53. The number of hydrogen-bond acceptors (Lipinski definition) is 3. The Balaban J connectivity index is 1.75. The van der Waals surface area contributed by atoms with Crippen LogP contribution in [0.15, 0.2) is 77.7 Å². The van der Waals surface area contributed by atoms with Gasteiger partial charge >= 0.3 is 0 Å². The van der Waals surface area contributed by atoms with Crippen molar-refractivity contribution >= 4 is 34.7 Å². The number of alkyl halides is 2. The summed E-state index contributed by atoms with van der Waals surface area (Å²) in [7, 11) is 0. The number of thioether (sulfide) groups is 1. The normalized spacial score (nSPS) is 10.7. The van der Waals surface area contributed by atoms with E-state index in [2.05, 4.69) is 10.6 Å². The van der Waals surface area contributed by atoms with Gasteiger partial charge in [-0.3, -0.25) is 4.79 Å². The molecule has 0 aliphatic heterocycles. The van der Waals surface area contributed by atoms with Crippen molar-refractivity contribution < 1.29 is 13.6 Å². The number of hydrogen-bond donors (Lipinski definition) is 2. The van der Waals surface area contributed by atoms with Crippen LogP contribution in [0.3, 0.4) is 0 Å². The first kappa shape index (κ1) is 18.9. The minimum Gasteiger partial charge on any atom is -0.355 e. The molecule has 138 valence electrons. The van der Waals surface area contributed by atoms with Gasteiger partial charge in [-0.05, 0) is 61.0 Å². The molecule has 0 unspecified atom stereocenters. The summed E-state index contributed by atoms with van der Waals surface area (Å²) >= 11 is 0.471. The SMILES string of the molecule is Cc1cccc(Nc2ccccc2C(=O)Nc2ccc(SC(F)F)cc2)c1. The van der Waals surface area contributed by atoms with E-state index < -0.39 is 5.76 Å². The van der Waals surface area contributed by atoms with E-state index in [9.17, 15) is 13.6 Å². The van der Waals surface area contributed by atoms with Crippen LogP contribution in [0, 0.1) is 6.92 Å². The van der Waals surface area contributed by atoms with E-state index in [-0.39, 0.29) is 5.91 Å². The van der Waals surface area contributed by atoms with Gasteiger partial charge in [-0.25, -0.2) is 0 Å². The molecule has 0 aliphatic carbocycles. The van der Waals surface area contributed by atoms with Crippen LogP contribution in [0.5, 0.6) is 0 Å². The summed E-state index contributed by atoms with van der Waals surface area (Å²) in [4.78, 5) is 13.1. The fourth-order valence-electron chi connectivity index (χ4n) is 2.59. The number of halogens is 2. The van der Waals surface area contributed by atoms with E-state index >= 15 is 0 Å². The molecule has 0 saturated heterocycles. The van der Waals surface area contributed by atoms with Gasteiger partial charge in [0.05, 0.1) is 11.3 Å². The van der Waals surface area contributed by atoms with Crippen LogP contribution in [0.1, 0.15) is 15.9 Å². The minimum atomic E-state index is -2.47. The number of nitrogens with one attached hydrogen (secondary N) is 2. The van der Waals surface area contributed by atoms with Gasteiger partial charge < -0.3 is 10.6 Å². The second-order valence-electron chi connectivity index (χ2n) is 5.90. The predicted octanol–water partition coefficient (Wildman–Crippen LogP) is 6.31. The molecule has 2 N–H and O–H groups in total. The number of para-hydroxylation sites is 1. The van der Waals surface area contributed by atoms with Crippen molar-refractivity contribution in [3.63, 3.8) is 0 Å². The second kappa shape index (κ2) is 8.68. The van der Waals surface area contributed by atoms with E-state index in [1.807, 2.05) is 43.3 Å². The molecule has 3 rings (SSSR count). The van der Waals surface area contributed by atoms with Crippen molar-refractivity contribution in [1.82, 2.24) is 0 Å². The smallest absolute Gasteiger partial charge is 0.288 e. The third kappa shape index (κ3) is 5.31. The quantitative estimate of drug-likeness (QED) is 0.490. The number of carbonyl (C=O) groups excluding carboxylic acids is 1. The summed E-state index contributed by atoms with van der Waals surface area (Å²) in [6.45, 7) is 2.00. The van der Waals surface area contributed by atoms with Crippen LogP contribution in [0.25, 0.3) is 0 Å². The Morgan fingerprint density at radius 2 is 1.67 bits per heavy atom. The maximum absolute atomic E-state index is 12.7. The molecule has 0 bridgehead atoms.